The van der Waals surface area contributed by atoms with E-state index in [0.717, 1.165) is 6.07 Å². The fourth-order valence-corrected chi connectivity index (χ4v) is 2.36. The Balaban J connectivity index is 2.34. The lowest BCUT2D eigenvalue weighted by molar-refractivity contribution is 0.0527. The molecule has 0 aliphatic carbocycles. The summed E-state index contributed by atoms with van der Waals surface area (Å²) in [7, 11) is 0. The fraction of sp³-hybridized carbons (Fsp3) is 0.500. The number of rotatable bonds is 3. The van der Waals surface area contributed by atoms with Gasteiger partial charge in [0.1, 0.15) is 5.82 Å². The molecule has 0 amide bonds. The summed E-state index contributed by atoms with van der Waals surface area (Å²) >= 11 is 0. The number of β-amino-alcohol motifs (C(OH)–C–C–N with tert-alkyl or cyclic N) is 1. The number of benzene rings is 1. The summed E-state index contributed by atoms with van der Waals surface area (Å²) in [5.41, 5.74) is 5.28. The molecule has 0 saturated carbocycles. The summed E-state index contributed by atoms with van der Waals surface area (Å²) in [6.45, 7) is 4.46. The SMILES string of the molecule is CCOC(=O)c1cc(N2CCC(C)(O)C2)c(F)cc1N. The molecule has 0 radical (unpaired) electrons. The second kappa shape index (κ2) is 5.28. The molecule has 2 rings (SSSR count). The van der Waals surface area contributed by atoms with Crippen LogP contribution in [-0.4, -0.2) is 36.4 Å². The van der Waals surface area contributed by atoms with Crippen LogP contribution in [0.15, 0.2) is 12.1 Å². The number of nitrogen functional groups attached to an aromatic ring is 1. The smallest absolute Gasteiger partial charge is 0.340 e. The van der Waals surface area contributed by atoms with Gasteiger partial charge in [0.15, 0.2) is 0 Å². The quantitative estimate of drug-likeness (QED) is 0.650. The third kappa shape index (κ3) is 2.85. The molecule has 110 valence electrons. The van der Waals surface area contributed by atoms with Gasteiger partial charge in [-0.3, -0.25) is 0 Å². The number of aliphatic hydroxyl groups is 1. The molecular weight excluding hydrogens is 263 g/mol. The van der Waals surface area contributed by atoms with E-state index in [4.69, 9.17) is 10.5 Å². The summed E-state index contributed by atoms with van der Waals surface area (Å²) in [4.78, 5) is 13.5. The first-order chi connectivity index (χ1) is 9.34. The molecule has 1 fully saturated rings. The molecule has 0 bridgehead atoms. The highest BCUT2D eigenvalue weighted by Crippen LogP contribution is 2.31. The minimum absolute atomic E-state index is 0.0515. The first-order valence-corrected chi connectivity index (χ1v) is 6.57. The van der Waals surface area contributed by atoms with Crippen molar-refractivity contribution in [2.75, 3.05) is 30.3 Å². The van der Waals surface area contributed by atoms with E-state index in [9.17, 15) is 14.3 Å². The van der Waals surface area contributed by atoms with Crippen molar-refractivity contribution in [3.8, 4) is 0 Å². The van der Waals surface area contributed by atoms with Crippen LogP contribution in [0.5, 0.6) is 0 Å². The minimum atomic E-state index is -0.849. The third-order valence-corrected chi connectivity index (χ3v) is 3.41. The first kappa shape index (κ1) is 14.6. The van der Waals surface area contributed by atoms with E-state index in [1.165, 1.54) is 6.07 Å². The number of halogens is 1. The molecular formula is C14H19FN2O3. The van der Waals surface area contributed by atoms with Crippen LogP contribution in [0.2, 0.25) is 0 Å². The van der Waals surface area contributed by atoms with Crippen molar-refractivity contribution in [2.45, 2.75) is 25.9 Å². The van der Waals surface area contributed by atoms with Gasteiger partial charge in [-0.25, -0.2) is 9.18 Å². The number of nitrogens with two attached hydrogens (primary N) is 1. The Labute approximate surface area is 117 Å². The molecule has 1 aliphatic heterocycles. The maximum Gasteiger partial charge on any atom is 0.340 e. The van der Waals surface area contributed by atoms with Crippen LogP contribution in [0.3, 0.4) is 0 Å². The Morgan fingerprint density at radius 1 is 1.60 bits per heavy atom. The summed E-state index contributed by atoms with van der Waals surface area (Å²) in [6.07, 6.45) is 0.547. The zero-order chi connectivity index (χ0) is 14.9. The van der Waals surface area contributed by atoms with Gasteiger partial charge in [0.25, 0.3) is 0 Å². The highest BCUT2D eigenvalue weighted by Gasteiger charge is 2.33. The second-order valence-electron chi connectivity index (χ2n) is 5.28. The summed E-state index contributed by atoms with van der Waals surface area (Å²) in [5, 5.41) is 9.95. The highest BCUT2D eigenvalue weighted by atomic mass is 19.1. The maximum atomic E-state index is 14.0. The van der Waals surface area contributed by atoms with Crippen molar-refractivity contribution >= 4 is 17.3 Å². The molecule has 1 aromatic carbocycles. The van der Waals surface area contributed by atoms with E-state index < -0.39 is 17.4 Å². The Bertz CT molecular complexity index is 531. The zero-order valence-electron chi connectivity index (χ0n) is 11.6. The van der Waals surface area contributed by atoms with Crippen LogP contribution in [0, 0.1) is 5.82 Å². The second-order valence-corrected chi connectivity index (χ2v) is 5.28. The van der Waals surface area contributed by atoms with E-state index in [1.54, 1.807) is 18.7 Å². The van der Waals surface area contributed by atoms with Crippen molar-refractivity contribution in [2.24, 2.45) is 0 Å². The van der Waals surface area contributed by atoms with E-state index in [2.05, 4.69) is 0 Å². The molecule has 1 heterocycles. The van der Waals surface area contributed by atoms with Crippen molar-refractivity contribution < 1.29 is 19.0 Å². The van der Waals surface area contributed by atoms with Gasteiger partial charge in [-0.2, -0.15) is 0 Å². The van der Waals surface area contributed by atoms with Gasteiger partial charge in [0.2, 0.25) is 0 Å². The lowest BCUT2D eigenvalue weighted by Gasteiger charge is -2.22. The average molecular weight is 282 g/mol. The van der Waals surface area contributed by atoms with Crippen molar-refractivity contribution in [3.05, 3.63) is 23.5 Å². The number of carbonyl (C=O) groups excluding carboxylic acids is 1. The fourth-order valence-electron chi connectivity index (χ4n) is 2.36. The van der Waals surface area contributed by atoms with Gasteiger partial charge in [0.05, 0.1) is 23.5 Å². The Hall–Kier alpha value is -1.82. The van der Waals surface area contributed by atoms with E-state index in [1.807, 2.05) is 0 Å². The van der Waals surface area contributed by atoms with E-state index >= 15 is 0 Å². The summed E-state index contributed by atoms with van der Waals surface area (Å²) < 4.78 is 18.9. The summed E-state index contributed by atoms with van der Waals surface area (Å²) in [5.74, 6) is -1.08. The Morgan fingerprint density at radius 3 is 2.85 bits per heavy atom. The molecule has 0 aromatic heterocycles. The van der Waals surface area contributed by atoms with Crippen LogP contribution in [0.4, 0.5) is 15.8 Å². The van der Waals surface area contributed by atoms with Crippen LogP contribution in [0.25, 0.3) is 0 Å². The maximum absolute atomic E-state index is 14.0. The number of ether oxygens (including phenoxy) is 1. The molecule has 20 heavy (non-hydrogen) atoms. The average Bonchev–Trinajstić information content (AvgIpc) is 2.69. The monoisotopic (exact) mass is 282 g/mol. The van der Waals surface area contributed by atoms with Crippen molar-refractivity contribution in [1.29, 1.82) is 0 Å². The van der Waals surface area contributed by atoms with Gasteiger partial charge in [-0.05, 0) is 32.4 Å². The lowest BCUT2D eigenvalue weighted by Crippen LogP contribution is -2.30. The lowest BCUT2D eigenvalue weighted by atomic mass is 10.1. The molecule has 1 atom stereocenters. The highest BCUT2D eigenvalue weighted by molar-refractivity contribution is 5.96. The van der Waals surface area contributed by atoms with E-state index in [0.29, 0.717) is 19.5 Å². The molecule has 1 aromatic rings. The molecule has 5 nitrogen and oxygen atoms in total. The van der Waals surface area contributed by atoms with Crippen molar-refractivity contribution in [1.82, 2.24) is 0 Å². The van der Waals surface area contributed by atoms with Crippen LogP contribution in [-0.2, 0) is 4.74 Å². The number of hydrogen-bond donors (Lipinski definition) is 2. The largest absolute Gasteiger partial charge is 0.462 e. The number of nitrogens with zero attached hydrogens (tertiary/aromatic N) is 1. The Morgan fingerprint density at radius 2 is 2.30 bits per heavy atom. The molecule has 6 heteroatoms. The molecule has 0 spiro atoms. The molecule has 1 unspecified atom stereocenters. The normalized spacial score (nSPS) is 22.1. The standard InChI is InChI=1S/C14H19FN2O3/c1-3-20-13(18)9-6-12(10(15)7-11(9)16)17-5-4-14(2,19)8-17/h6-7,19H,3-5,8,16H2,1-2H3. The van der Waals surface area contributed by atoms with Gasteiger partial charge < -0.3 is 20.5 Å². The van der Waals surface area contributed by atoms with Gasteiger partial charge in [-0.15, -0.1) is 0 Å². The van der Waals surface area contributed by atoms with Crippen LogP contribution in [0.1, 0.15) is 30.6 Å². The van der Waals surface area contributed by atoms with Gasteiger partial charge >= 0.3 is 5.97 Å². The topological polar surface area (TPSA) is 75.8 Å². The number of anilines is 2. The van der Waals surface area contributed by atoms with E-state index in [-0.39, 0.29) is 23.5 Å². The van der Waals surface area contributed by atoms with Crippen LogP contribution < -0.4 is 10.6 Å². The number of carbonyl (C=O) groups is 1. The van der Waals surface area contributed by atoms with Gasteiger partial charge in [-0.1, -0.05) is 0 Å². The van der Waals surface area contributed by atoms with Crippen LogP contribution >= 0.6 is 0 Å². The molecule has 1 saturated heterocycles. The number of esters is 1. The van der Waals surface area contributed by atoms with Crippen molar-refractivity contribution in [3.63, 3.8) is 0 Å². The molecule has 3 N–H and O–H groups in total. The minimum Gasteiger partial charge on any atom is -0.462 e. The first-order valence-electron chi connectivity index (χ1n) is 6.57. The zero-order valence-corrected chi connectivity index (χ0v) is 11.6. The predicted molar refractivity (Wildman–Crippen MR) is 74.2 cm³/mol. The molecule has 1 aliphatic rings. The predicted octanol–water partition coefficient (Wildman–Crippen LogP) is 1.55. The van der Waals surface area contributed by atoms with Gasteiger partial charge in [0, 0.05) is 18.8 Å². The summed E-state index contributed by atoms with van der Waals surface area (Å²) in [6, 6.07) is 2.51. The third-order valence-electron chi connectivity index (χ3n) is 3.41. The Kier molecular flexibility index (Phi) is 3.85. The number of hydrogen-bond acceptors (Lipinski definition) is 5.